The molecule has 0 saturated carbocycles. The fourth-order valence-electron chi connectivity index (χ4n) is 3.30. The van der Waals surface area contributed by atoms with Gasteiger partial charge in [-0.05, 0) is 46.3 Å². The summed E-state index contributed by atoms with van der Waals surface area (Å²) in [5, 5.41) is 3.97. The van der Waals surface area contributed by atoms with Gasteiger partial charge in [0.05, 0.1) is 28.2 Å². The SMILES string of the molecule is CSC(C)C(=O)N1CCCCC1c1nc(-c2c(C)noc2C)c[nH]1. The molecule has 0 bridgehead atoms. The Balaban J connectivity index is 1.88. The molecule has 1 N–H and O–H groups in total. The molecule has 24 heavy (non-hydrogen) atoms. The van der Waals surface area contributed by atoms with Gasteiger partial charge in [0.15, 0.2) is 0 Å². The van der Waals surface area contributed by atoms with E-state index in [0.29, 0.717) is 0 Å². The second-order valence-corrected chi connectivity index (χ2v) is 7.47. The summed E-state index contributed by atoms with van der Waals surface area (Å²) in [6.07, 6.45) is 6.98. The Hall–Kier alpha value is -1.76. The van der Waals surface area contributed by atoms with Crippen LogP contribution in [0.5, 0.6) is 0 Å². The lowest BCUT2D eigenvalue weighted by Gasteiger charge is -2.36. The van der Waals surface area contributed by atoms with Crippen LogP contribution < -0.4 is 0 Å². The van der Waals surface area contributed by atoms with E-state index in [2.05, 4.69) is 10.1 Å². The van der Waals surface area contributed by atoms with Crippen molar-refractivity contribution in [1.82, 2.24) is 20.0 Å². The predicted molar refractivity (Wildman–Crippen MR) is 94.8 cm³/mol. The number of likely N-dealkylation sites (tertiary alicyclic amines) is 1. The third-order valence-electron chi connectivity index (χ3n) is 4.69. The van der Waals surface area contributed by atoms with Crippen LogP contribution in [0.1, 0.15) is 49.5 Å². The monoisotopic (exact) mass is 348 g/mol. The van der Waals surface area contributed by atoms with E-state index in [1.54, 1.807) is 11.8 Å². The molecule has 130 valence electrons. The van der Waals surface area contributed by atoms with Crippen LogP contribution >= 0.6 is 11.8 Å². The number of aromatic amines is 1. The van der Waals surface area contributed by atoms with Crippen molar-refractivity contribution in [3.8, 4) is 11.3 Å². The molecule has 2 aromatic heterocycles. The molecule has 2 unspecified atom stereocenters. The number of hydrogen-bond acceptors (Lipinski definition) is 5. The zero-order chi connectivity index (χ0) is 17.3. The Morgan fingerprint density at radius 2 is 2.25 bits per heavy atom. The van der Waals surface area contributed by atoms with E-state index in [1.807, 2.05) is 38.1 Å². The van der Waals surface area contributed by atoms with Crippen molar-refractivity contribution in [1.29, 1.82) is 0 Å². The molecule has 2 aromatic rings. The third kappa shape index (κ3) is 3.09. The average Bonchev–Trinajstić information content (AvgIpc) is 3.20. The van der Waals surface area contributed by atoms with Gasteiger partial charge in [-0.3, -0.25) is 4.79 Å². The Morgan fingerprint density at radius 3 is 2.92 bits per heavy atom. The highest BCUT2D eigenvalue weighted by Crippen LogP contribution is 2.33. The zero-order valence-corrected chi connectivity index (χ0v) is 15.4. The van der Waals surface area contributed by atoms with Crippen LogP contribution in [-0.4, -0.2) is 44.0 Å². The zero-order valence-electron chi connectivity index (χ0n) is 14.6. The van der Waals surface area contributed by atoms with Gasteiger partial charge in [-0.1, -0.05) is 5.16 Å². The molecule has 0 aliphatic carbocycles. The quantitative estimate of drug-likeness (QED) is 0.915. The topological polar surface area (TPSA) is 75.0 Å². The molecular weight excluding hydrogens is 324 g/mol. The number of carbonyl (C=O) groups is 1. The summed E-state index contributed by atoms with van der Waals surface area (Å²) in [6.45, 7) is 6.57. The van der Waals surface area contributed by atoms with Crippen molar-refractivity contribution in [2.75, 3.05) is 12.8 Å². The normalized spacial score (nSPS) is 19.5. The lowest BCUT2D eigenvalue weighted by molar-refractivity contribution is -0.134. The molecule has 0 spiro atoms. The molecule has 0 aromatic carbocycles. The largest absolute Gasteiger partial charge is 0.361 e. The first-order valence-corrected chi connectivity index (χ1v) is 9.63. The van der Waals surface area contributed by atoms with Gasteiger partial charge in [-0.15, -0.1) is 0 Å². The molecule has 3 rings (SSSR count). The van der Waals surface area contributed by atoms with Crippen LogP contribution in [0.2, 0.25) is 0 Å². The van der Waals surface area contributed by atoms with Crippen molar-refractivity contribution in [3.63, 3.8) is 0 Å². The smallest absolute Gasteiger partial charge is 0.236 e. The van der Waals surface area contributed by atoms with Gasteiger partial charge in [0, 0.05) is 12.7 Å². The number of H-pyrrole nitrogens is 1. The van der Waals surface area contributed by atoms with Gasteiger partial charge in [0.1, 0.15) is 11.6 Å². The first-order chi connectivity index (χ1) is 11.5. The number of piperidine rings is 1. The number of nitrogens with zero attached hydrogens (tertiary/aromatic N) is 3. The Bertz CT molecular complexity index is 704. The van der Waals surface area contributed by atoms with Crippen molar-refractivity contribution < 1.29 is 9.32 Å². The summed E-state index contributed by atoms with van der Waals surface area (Å²) in [7, 11) is 0. The summed E-state index contributed by atoms with van der Waals surface area (Å²) in [5.74, 6) is 1.81. The summed E-state index contributed by atoms with van der Waals surface area (Å²) in [4.78, 5) is 22.7. The molecule has 3 heterocycles. The number of thioether (sulfide) groups is 1. The van der Waals surface area contributed by atoms with Crippen LogP contribution in [0.25, 0.3) is 11.3 Å². The van der Waals surface area contributed by atoms with E-state index in [-0.39, 0.29) is 17.2 Å². The summed E-state index contributed by atoms with van der Waals surface area (Å²) in [5.41, 5.74) is 2.60. The maximum absolute atomic E-state index is 12.7. The summed E-state index contributed by atoms with van der Waals surface area (Å²) >= 11 is 1.59. The van der Waals surface area contributed by atoms with E-state index in [1.165, 1.54) is 0 Å². The van der Waals surface area contributed by atoms with Gasteiger partial charge in [-0.25, -0.2) is 4.98 Å². The molecule has 2 atom stereocenters. The standard InChI is InChI=1S/C17H24N4O2S/c1-10-15(11(2)23-20-10)13-9-18-16(19-13)14-7-5-6-8-21(14)17(22)12(3)24-4/h9,12,14H,5-8H2,1-4H3,(H,18,19). The third-order valence-corrected chi connectivity index (χ3v) is 5.60. The predicted octanol–water partition coefficient (Wildman–Crippen LogP) is 3.49. The molecule has 1 aliphatic rings. The number of nitrogens with one attached hydrogen (secondary N) is 1. The molecule has 1 aliphatic heterocycles. The van der Waals surface area contributed by atoms with Crippen molar-refractivity contribution in [2.45, 2.75) is 51.3 Å². The lowest BCUT2D eigenvalue weighted by atomic mass is 10.0. The Labute approximate surface area is 146 Å². The molecule has 0 radical (unpaired) electrons. The average molecular weight is 348 g/mol. The van der Waals surface area contributed by atoms with Gasteiger partial charge in [0.2, 0.25) is 5.91 Å². The van der Waals surface area contributed by atoms with E-state index in [0.717, 1.165) is 54.3 Å². The molecule has 1 fully saturated rings. The maximum atomic E-state index is 12.7. The van der Waals surface area contributed by atoms with Crippen LogP contribution in [0.4, 0.5) is 0 Å². The number of amides is 1. The maximum Gasteiger partial charge on any atom is 0.236 e. The number of carbonyl (C=O) groups excluding carboxylic acids is 1. The number of aryl methyl sites for hydroxylation is 2. The highest BCUT2D eigenvalue weighted by molar-refractivity contribution is 7.99. The lowest BCUT2D eigenvalue weighted by Crippen LogP contribution is -2.42. The Kier molecular flexibility index (Phi) is 4.99. The van der Waals surface area contributed by atoms with E-state index >= 15 is 0 Å². The highest BCUT2D eigenvalue weighted by Gasteiger charge is 2.32. The minimum Gasteiger partial charge on any atom is -0.361 e. The first kappa shape index (κ1) is 17.1. The molecule has 1 amide bonds. The molecule has 7 heteroatoms. The second-order valence-electron chi connectivity index (χ2n) is 6.29. The van der Waals surface area contributed by atoms with Crippen molar-refractivity contribution in [2.24, 2.45) is 0 Å². The van der Waals surface area contributed by atoms with E-state index < -0.39 is 0 Å². The fourth-order valence-corrected chi connectivity index (χ4v) is 3.64. The molecule has 1 saturated heterocycles. The first-order valence-electron chi connectivity index (χ1n) is 8.34. The van der Waals surface area contributed by atoms with Crippen LogP contribution in [0.3, 0.4) is 0 Å². The van der Waals surface area contributed by atoms with Crippen molar-refractivity contribution >= 4 is 17.7 Å². The Morgan fingerprint density at radius 1 is 1.46 bits per heavy atom. The molecular formula is C17H24N4O2S. The van der Waals surface area contributed by atoms with E-state index in [9.17, 15) is 4.79 Å². The number of aromatic nitrogens is 3. The minimum atomic E-state index is -0.0254. The van der Waals surface area contributed by atoms with Gasteiger partial charge in [0.25, 0.3) is 0 Å². The van der Waals surface area contributed by atoms with Gasteiger partial charge >= 0.3 is 0 Å². The summed E-state index contributed by atoms with van der Waals surface area (Å²) < 4.78 is 5.24. The fraction of sp³-hybridized carbons (Fsp3) is 0.588. The van der Waals surface area contributed by atoms with Gasteiger partial charge < -0.3 is 14.4 Å². The highest BCUT2D eigenvalue weighted by atomic mass is 32.2. The second kappa shape index (κ2) is 7.01. The number of rotatable bonds is 4. The van der Waals surface area contributed by atoms with Crippen LogP contribution in [0, 0.1) is 13.8 Å². The minimum absolute atomic E-state index is 0.0232. The van der Waals surface area contributed by atoms with Crippen molar-refractivity contribution in [3.05, 3.63) is 23.5 Å². The number of imidazole rings is 1. The number of hydrogen-bond donors (Lipinski definition) is 1. The van der Waals surface area contributed by atoms with Crippen LogP contribution in [-0.2, 0) is 4.79 Å². The van der Waals surface area contributed by atoms with Crippen LogP contribution in [0.15, 0.2) is 10.7 Å². The summed E-state index contributed by atoms with van der Waals surface area (Å²) in [6, 6.07) is 0.0232. The molecule has 6 nitrogen and oxygen atoms in total. The van der Waals surface area contributed by atoms with E-state index in [4.69, 9.17) is 9.51 Å². The van der Waals surface area contributed by atoms with Gasteiger partial charge in [-0.2, -0.15) is 11.8 Å².